The molecule has 0 heterocycles. The molecule has 0 nitrogen and oxygen atoms in total. The number of hydrogen-bond acceptors (Lipinski definition) is 1. The van der Waals surface area contributed by atoms with Gasteiger partial charge < -0.3 is 0 Å². The van der Waals surface area contributed by atoms with Crippen LogP contribution in [0.2, 0.25) is 6.32 Å². The van der Waals surface area contributed by atoms with Crippen LogP contribution in [0.5, 0.6) is 0 Å². The molecule has 0 bridgehead atoms. The van der Waals surface area contributed by atoms with Gasteiger partial charge in [-0.25, -0.2) is 0 Å². The Kier molecular flexibility index (Phi) is 4.84. The topological polar surface area (TPSA) is 0 Å². The van der Waals surface area contributed by atoms with Gasteiger partial charge in [-0.2, -0.15) is 12.6 Å². The maximum atomic E-state index is 4.31. The number of rotatable bonds is 3. The fourth-order valence-electron chi connectivity index (χ4n) is 0.537. The van der Waals surface area contributed by atoms with E-state index in [1.807, 2.05) is 0 Å². The molecular weight excluding hydrogens is 103 g/mol. The third-order valence-electron chi connectivity index (χ3n) is 1.09. The second kappa shape index (κ2) is 4.57. The van der Waals surface area contributed by atoms with E-state index in [-0.39, 0.29) is 0 Å². The Morgan fingerprint density at radius 1 is 1.71 bits per heavy atom. The first kappa shape index (κ1) is 7.41. The molecule has 0 saturated carbocycles. The maximum Gasteiger partial charge on any atom is 0.101 e. The molecule has 0 aliphatic rings. The van der Waals surface area contributed by atoms with Gasteiger partial charge in [-0.05, 0) is 12.8 Å². The van der Waals surface area contributed by atoms with Crippen molar-refractivity contribution in [3.63, 3.8) is 0 Å². The minimum atomic E-state index is 0.644. The zero-order valence-electron chi connectivity index (χ0n) is 5.15. The molecule has 0 aromatic heterocycles. The normalized spacial score (nSPS) is 14.0. The minimum Gasteiger partial charge on any atom is -0.176 e. The van der Waals surface area contributed by atoms with Crippen molar-refractivity contribution < 1.29 is 0 Å². The van der Waals surface area contributed by atoms with Gasteiger partial charge in [0, 0.05) is 5.25 Å². The molecule has 0 N–H and O–H groups in total. The lowest BCUT2D eigenvalue weighted by Gasteiger charge is -2.01. The van der Waals surface area contributed by atoms with Crippen LogP contribution in [-0.4, -0.2) is 13.1 Å². The highest BCUT2D eigenvalue weighted by Gasteiger charge is 1.93. The van der Waals surface area contributed by atoms with Gasteiger partial charge in [0.25, 0.3) is 0 Å². The predicted molar refractivity (Wildman–Crippen MR) is 41.0 cm³/mol. The maximum absolute atomic E-state index is 4.31. The van der Waals surface area contributed by atoms with Crippen LogP contribution in [0.25, 0.3) is 0 Å². The highest BCUT2D eigenvalue weighted by Crippen LogP contribution is 2.06. The lowest BCUT2D eigenvalue weighted by atomic mass is 9.99. The first-order valence-electron chi connectivity index (χ1n) is 2.99. The highest BCUT2D eigenvalue weighted by molar-refractivity contribution is 7.80. The van der Waals surface area contributed by atoms with E-state index >= 15 is 0 Å². The molecule has 7 heavy (non-hydrogen) atoms. The molecule has 0 aliphatic heterocycles. The summed E-state index contributed by atoms with van der Waals surface area (Å²) in [7, 11) is 2.19. The van der Waals surface area contributed by atoms with Crippen molar-refractivity contribution in [3.8, 4) is 0 Å². The first-order chi connectivity index (χ1) is 3.31. The van der Waals surface area contributed by atoms with Crippen LogP contribution in [-0.2, 0) is 0 Å². The summed E-state index contributed by atoms with van der Waals surface area (Å²) < 4.78 is 0. The molecule has 42 valence electrons. The van der Waals surface area contributed by atoms with Gasteiger partial charge in [0.05, 0.1) is 0 Å². The van der Waals surface area contributed by atoms with Crippen molar-refractivity contribution in [1.29, 1.82) is 0 Å². The van der Waals surface area contributed by atoms with Crippen LogP contribution in [0.1, 0.15) is 19.8 Å². The summed E-state index contributed by atoms with van der Waals surface area (Å²) in [5.74, 6) is 0. The Hall–Kier alpha value is 0.415. The van der Waals surface area contributed by atoms with Crippen molar-refractivity contribution in [2.45, 2.75) is 31.3 Å². The van der Waals surface area contributed by atoms with Crippen LogP contribution < -0.4 is 0 Å². The molecule has 0 aromatic carbocycles. The van der Waals surface area contributed by atoms with Gasteiger partial charge in [-0.3, -0.25) is 0 Å². The fourth-order valence-corrected chi connectivity index (χ4v) is 0.796. The van der Waals surface area contributed by atoms with Crippen LogP contribution in [0.4, 0.5) is 0 Å². The second-order valence-electron chi connectivity index (χ2n) is 1.85. The van der Waals surface area contributed by atoms with E-state index in [0.717, 1.165) is 0 Å². The summed E-state index contributed by atoms with van der Waals surface area (Å²) in [6.07, 6.45) is 3.73. The Bertz CT molecular complexity index is 39.1. The van der Waals surface area contributed by atoms with Crippen molar-refractivity contribution >= 4 is 20.5 Å². The Morgan fingerprint density at radius 3 is 2.43 bits per heavy atom. The van der Waals surface area contributed by atoms with Gasteiger partial charge in [0.1, 0.15) is 7.85 Å². The highest BCUT2D eigenvalue weighted by atomic mass is 32.1. The Labute approximate surface area is 52.5 Å². The molecule has 0 rings (SSSR count). The summed E-state index contributed by atoms with van der Waals surface area (Å²) >= 11 is 4.31. The van der Waals surface area contributed by atoms with Crippen molar-refractivity contribution in [1.82, 2.24) is 0 Å². The van der Waals surface area contributed by atoms with Crippen LogP contribution in [0, 0.1) is 0 Å². The van der Waals surface area contributed by atoms with E-state index in [1.165, 1.54) is 19.2 Å². The number of thiol groups is 1. The fraction of sp³-hybridized carbons (Fsp3) is 1.00. The Morgan fingerprint density at radius 2 is 2.29 bits per heavy atom. The molecule has 0 radical (unpaired) electrons. The third kappa shape index (κ3) is 4.26. The lowest BCUT2D eigenvalue weighted by molar-refractivity contribution is 0.797. The van der Waals surface area contributed by atoms with E-state index in [2.05, 4.69) is 27.4 Å². The molecule has 2 heteroatoms. The quantitative estimate of drug-likeness (QED) is 0.414. The van der Waals surface area contributed by atoms with Crippen LogP contribution >= 0.6 is 12.6 Å². The summed E-state index contributed by atoms with van der Waals surface area (Å²) in [5.41, 5.74) is 0. The van der Waals surface area contributed by atoms with E-state index in [4.69, 9.17) is 0 Å². The largest absolute Gasteiger partial charge is 0.176 e. The first-order valence-corrected chi connectivity index (χ1v) is 3.51. The third-order valence-corrected chi connectivity index (χ3v) is 1.72. The minimum absolute atomic E-state index is 0.644. The average Bonchev–Trinajstić information content (AvgIpc) is 1.68. The molecule has 0 saturated heterocycles. The summed E-state index contributed by atoms with van der Waals surface area (Å²) in [6.45, 7) is 2.17. The van der Waals surface area contributed by atoms with Gasteiger partial charge in [0.2, 0.25) is 0 Å². The SMILES string of the molecule is BCC[C@@H](S)CC. The molecule has 1 atom stereocenters. The van der Waals surface area contributed by atoms with Gasteiger partial charge >= 0.3 is 0 Å². The molecule has 0 aliphatic carbocycles. The molecule has 0 aromatic rings. The standard InChI is InChI=1S/C5H13BS/c1-2-5(7)3-4-6/h5,7H,2-4,6H2,1H3/t5-/m0/s1. The van der Waals surface area contributed by atoms with Gasteiger partial charge in [-0.15, -0.1) is 0 Å². The van der Waals surface area contributed by atoms with Crippen molar-refractivity contribution in [2.24, 2.45) is 0 Å². The average molecular weight is 116 g/mol. The second-order valence-corrected chi connectivity index (χ2v) is 2.58. The molecular formula is C5H13BS. The van der Waals surface area contributed by atoms with Crippen LogP contribution in [0.3, 0.4) is 0 Å². The van der Waals surface area contributed by atoms with Gasteiger partial charge in [-0.1, -0.05) is 13.2 Å². The number of hydrogen-bond donors (Lipinski definition) is 1. The monoisotopic (exact) mass is 116 g/mol. The summed E-state index contributed by atoms with van der Waals surface area (Å²) in [4.78, 5) is 0. The molecule has 0 amide bonds. The summed E-state index contributed by atoms with van der Waals surface area (Å²) in [6, 6.07) is 0. The van der Waals surface area contributed by atoms with E-state index in [9.17, 15) is 0 Å². The van der Waals surface area contributed by atoms with Crippen molar-refractivity contribution in [3.05, 3.63) is 0 Å². The molecule has 0 unspecified atom stereocenters. The Balaban J connectivity index is 2.83. The lowest BCUT2D eigenvalue weighted by Crippen LogP contribution is -1.93. The molecule has 0 spiro atoms. The zero-order valence-corrected chi connectivity index (χ0v) is 6.04. The summed E-state index contributed by atoms with van der Waals surface area (Å²) in [5, 5.41) is 0.644. The van der Waals surface area contributed by atoms with Crippen LogP contribution in [0.15, 0.2) is 0 Å². The molecule has 0 fully saturated rings. The van der Waals surface area contributed by atoms with E-state index < -0.39 is 0 Å². The van der Waals surface area contributed by atoms with E-state index in [1.54, 1.807) is 0 Å². The van der Waals surface area contributed by atoms with Gasteiger partial charge in [0.15, 0.2) is 0 Å². The predicted octanol–water partition coefficient (Wildman–Crippen LogP) is 1.14. The van der Waals surface area contributed by atoms with E-state index in [0.29, 0.717) is 5.25 Å². The smallest absolute Gasteiger partial charge is 0.101 e. The zero-order chi connectivity index (χ0) is 5.70. The van der Waals surface area contributed by atoms with Crippen molar-refractivity contribution in [2.75, 3.05) is 0 Å².